The Morgan fingerprint density at radius 1 is 1.17 bits per heavy atom. The fraction of sp³-hybridized carbons (Fsp3) is 0.300. The van der Waals surface area contributed by atoms with Gasteiger partial charge in [-0.2, -0.15) is 0 Å². The lowest BCUT2D eigenvalue weighted by Gasteiger charge is -2.27. The average Bonchev–Trinajstić information content (AvgIpc) is 2.95. The largest absolute Gasteiger partial charge is 0.357 e. The second kappa shape index (κ2) is 7.30. The van der Waals surface area contributed by atoms with Crippen molar-refractivity contribution < 1.29 is 0 Å². The summed E-state index contributed by atoms with van der Waals surface area (Å²) in [5.41, 5.74) is 5.47. The minimum atomic E-state index is 0. The number of hydrogen-bond donors (Lipinski definition) is 2. The van der Waals surface area contributed by atoms with Crippen molar-refractivity contribution in [3.63, 3.8) is 0 Å². The summed E-state index contributed by atoms with van der Waals surface area (Å²) in [4.78, 5) is 3.67. The van der Waals surface area contributed by atoms with Gasteiger partial charge < -0.3 is 10.3 Å². The van der Waals surface area contributed by atoms with Gasteiger partial charge in [-0.05, 0) is 55.5 Å². The molecule has 1 heterocycles. The molecule has 0 bridgehead atoms. The van der Waals surface area contributed by atoms with Crippen LogP contribution in [0.15, 0.2) is 53.0 Å². The Balaban J connectivity index is 0.00000169. The maximum atomic E-state index is 3.82. The van der Waals surface area contributed by atoms with E-state index in [9.17, 15) is 0 Å². The van der Waals surface area contributed by atoms with Crippen molar-refractivity contribution in [3.8, 4) is 0 Å². The molecule has 1 aliphatic carbocycles. The second-order valence-corrected chi connectivity index (χ2v) is 7.37. The van der Waals surface area contributed by atoms with Crippen LogP contribution in [0.5, 0.6) is 0 Å². The van der Waals surface area contributed by atoms with Crippen molar-refractivity contribution in [1.29, 1.82) is 0 Å². The van der Waals surface area contributed by atoms with E-state index in [1.54, 1.807) is 0 Å². The maximum Gasteiger partial charge on any atom is 0.0480 e. The molecule has 1 aliphatic rings. The highest BCUT2D eigenvalue weighted by atomic mass is 79.9. The monoisotopic (exact) mass is 404 g/mol. The number of H-pyrrole nitrogens is 1. The summed E-state index contributed by atoms with van der Waals surface area (Å²) >= 11 is 3.60. The summed E-state index contributed by atoms with van der Waals surface area (Å²) < 4.78 is 1.15. The lowest BCUT2D eigenvalue weighted by Crippen LogP contribution is -2.27. The van der Waals surface area contributed by atoms with E-state index in [1.165, 1.54) is 47.0 Å². The van der Waals surface area contributed by atoms with Crippen molar-refractivity contribution in [2.75, 3.05) is 0 Å². The van der Waals surface area contributed by atoms with Gasteiger partial charge in [0.15, 0.2) is 0 Å². The maximum absolute atomic E-state index is 3.82. The minimum Gasteiger partial charge on any atom is -0.357 e. The van der Waals surface area contributed by atoms with E-state index < -0.39 is 0 Å². The molecule has 4 rings (SSSR count). The number of fused-ring (bicyclic) bond motifs is 3. The first kappa shape index (κ1) is 17.5. The number of halogens is 2. The summed E-state index contributed by atoms with van der Waals surface area (Å²) in [5.74, 6) is 0. The van der Waals surface area contributed by atoms with Gasteiger partial charge in [-0.3, -0.25) is 0 Å². The molecule has 0 spiro atoms. The smallest absolute Gasteiger partial charge is 0.0480 e. The third kappa shape index (κ3) is 3.26. The molecule has 2 N–H and O–H groups in total. The van der Waals surface area contributed by atoms with E-state index in [2.05, 4.69) is 81.7 Å². The molecule has 2 aromatic carbocycles. The van der Waals surface area contributed by atoms with Crippen molar-refractivity contribution in [2.45, 2.75) is 38.3 Å². The van der Waals surface area contributed by atoms with Gasteiger partial charge in [0.25, 0.3) is 0 Å². The van der Waals surface area contributed by atoms with Gasteiger partial charge in [0.05, 0.1) is 0 Å². The van der Waals surface area contributed by atoms with Crippen LogP contribution in [-0.2, 0) is 6.42 Å². The van der Waals surface area contributed by atoms with E-state index in [0.29, 0.717) is 12.1 Å². The van der Waals surface area contributed by atoms with E-state index in [0.717, 1.165) is 4.47 Å². The van der Waals surface area contributed by atoms with Crippen LogP contribution in [0, 0.1) is 0 Å². The predicted molar refractivity (Wildman–Crippen MR) is 107 cm³/mol. The summed E-state index contributed by atoms with van der Waals surface area (Å²) in [6.07, 6.45) is 3.60. The van der Waals surface area contributed by atoms with E-state index in [-0.39, 0.29) is 12.4 Å². The number of benzene rings is 2. The zero-order valence-corrected chi connectivity index (χ0v) is 16.1. The zero-order valence-electron chi connectivity index (χ0n) is 13.7. The number of aryl methyl sites for hydroxylation is 1. The molecule has 3 aromatic rings. The van der Waals surface area contributed by atoms with Crippen LogP contribution in [0.3, 0.4) is 0 Å². The van der Waals surface area contributed by atoms with Gasteiger partial charge in [-0.1, -0.05) is 46.3 Å². The molecule has 1 aromatic heterocycles. The van der Waals surface area contributed by atoms with Gasteiger partial charge in [-0.15, -0.1) is 12.4 Å². The Labute approximate surface area is 157 Å². The fourth-order valence-electron chi connectivity index (χ4n) is 3.74. The summed E-state index contributed by atoms with van der Waals surface area (Å²) in [6, 6.07) is 18.0. The lowest BCUT2D eigenvalue weighted by atomic mass is 9.91. The van der Waals surface area contributed by atoms with E-state index >= 15 is 0 Å². The van der Waals surface area contributed by atoms with Crippen LogP contribution < -0.4 is 5.32 Å². The molecule has 2 atom stereocenters. The highest BCUT2D eigenvalue weighted by molar-refractivity contribution is 9.10. The Bertz CT molecular complexity index is 828. The van der Waals surface area contributed by atoms with Gasteiger partial charge in [0, 0.05) is 33.2 Å². The highest BCUT2D eigenvalue weighted by Gasteiger charge is 2.25. The molecule has 0 saturated heterocycles. The first-order valence-electron chi connectivity index (χ1n) is 8.33. The molecule has 0 unspecified atom stereocenters. The van der Waals surface area contributed by atoms with Gasteiger partial charge in [0.2, 0.25) is 0 Å². The topological polar surface area (TPSA) is 27.8 Å². The average molecular weight is 406 g/mol. The SMILES string of the molecule is C[C@@H](N[C@@H]1CCCc2c1[nH]c1ccc(Br)cc21)c1ccccc1.Cl. The molecule has 4 heteroatoms. The number of aromatic nitrogens is 1. The van der Waals surface area contributed by atoms with Crippen molar-refractivity contribution in [1.82, 2.24) is 10.3 Å². The summed E-state index contributed by atoms with van der Waals surface area (Å²) in [5, 5.41) is 5.19. The van der Waals surface area contributed by atoms with Crippen LogP contribution >= 0.6 is 28.3 Å². The van der Waals surface area contributed by atoms with Gasteiger partial charge >= 0.3 is 0 Å². The predicted octanol–water partition coefficient (Wildman–Crippen LogP) is 6.08. The summed E-state index contributed by atoms with van der Waals surface area (Å²) in [7, 11) is 0. The molecular formula is C20H22BrClN2. The van der Waals surface area contributed by atoms with Crippen LogP contribution in [0.2, 0.25) is 0 Å². The van der Waals surface area contributed by atoms with Crippen LogP contribution in [0.25, 0.3) is 10.9 Å². The number of rotatable bonds is 3. The molecule has 24 heavy (non-hydrogen) atoms. The van der Waals surface area contributed by atoms with Crippen molar-refractivity contribution in [3.05, 3.63) is 69.8 Å². The van der Waals surface area contributed by atoms with Gasteiger partial charge in [-0.25, -0.2) is 0 Å². The molecule has 2 nitrogen and oxygen atoms in total. The molecule has 126 valence electrons. The third-order valence-electron chi connectivity index (χ3n) is 4.92. The van der Waals surface area contributed by atoms with Crippen LogP contribution in [0.4, 0.5) is 0 Å². The fourth-order valence-corrected chi connectivity index (χ4v) is 4.10. The van der Waals surface area contributed by atoms with Gasteiger partial charge in [0.1, 0.15) is 0 Å². The second-order valence-electron chi connectivity index (χ2n) is 6.45. The first-order chi connectivity index (χ1) is 11.2. The van der Waals surface area contributed by atoms with Crippen LogP contribution in [0.1, 0.15) is 48.7 Å². The third-order valence-corrected chi connectivity index (χ3v) is 5.41. The normalized spacial score (nSPS) is 18.0. The lowest BCUT2D eigenvalue weighted by molar-refractivity contribution is 0.410. The Kier molecular flexibility index (Phi) is 5.33. The quantitative estimate of drug-likeness (QED) is 0.543. The number of hydrogen-bond acceptors (Lipinski definition) is 1. The molecule has 0 amide bonds. The van der Waals surface area contributed by atoms with Crippen molar-refractivity contribution in [2.24, 2.45) is 0 Å². The Morgan fingerprint density at radius 2 is 1.96 bits per heavy atom. The minimum absolute atomic E-state index is 0. The van der Waals surface area contributed by atoms with E-state index in [4.69, 9.17) is 0 Å². The van der Waals surface area contributed by atoms with Crippen LogP contribution in [-0.4, -0.2) is 4.98 Å². The Morgan fingerprint density at radius 3 is 2.75 bits per heavy atom. The van der Waals surface area contributed by atoms with E-state index in [1.807, 2.05) is 0 Å². The number of aromatic amines is 1. The number of nitrogens with one attached hydrogen (secondary N) is 2. The molecular weight excluding hydrogens is 384 g/mol. The first-order valence-corrected chi connectivity index (χ1v) is 9.12. The molecule has 0 aliphatic heterocycles. The molecule has 0 saturated carbocycles. The molecule has 0 radical (unpaired) electrons. The standard InChI is InChI=1S/C20H21BrN2.ClH/c1-13(14-6-3-2-4-7-14)22-19-9-5-8-16-17-12-15(21)10-11-18(17)23-20(16)19;/h2-4,6-7,10-13,19,22-23H,5,8-9H2,1H3;1H/t13-,19-;/m1./s1. The molecule has 0 fully saturated rings. The summed E-state index contributed by atoms with van der Waals surface area (Å²) in [6.45, 7) is 2.25. The van der Waals surface area contributed by atoms with Crippen molar-refractivity contribution >= 4 is 39.2 Å². The highest BCUT2D eigenvalue weighted by Crippen LogP contribution is 2.36. The Hall–Kier alpha value is -1.29. The zero-order chi connectivity index (χ0) is 15.8.